The Morgan fingerprint density at radius 3 is 1.45 bits per heavy atom. The van der Waals surface area contributed by atoms with E-state index in [2.05, 4.69) is 6.92 Å². The van der Waals surface area contributed by atoms with E-state index in [1.165, 1.54) is 109 Å². The number of ether oxygens (including phenoxy) is 1. The average Bonchev–Trinajstić information content (AvgIpc) is 2.78. The molecule has 1 atom stereocenters. The molecule has 0 fully saturated rings. The van der Waals surface area contributed by atoms with Crippen LogP contribution in [0, 0.1) is 0 Å². The van der Waals surface area contributed by atoms with E-state index in [9.17, 15) is 4.79 Å². The van der Waals surface area contributed by atoms with Gasteiger partial charge in [0, 0.05) is 0 Å². The number of benzene rings is 1. The highest BCUT2D eigenvalue weighted by molar-refractivity contribution is 5.89. The van der Waals surface area contributed by atoms with E-state index in [1.807, 2.05) is 37.3 Å². The second-order valence-corrected chi connectivity index (χ2v) is 9.38. The zero-order valence-electron chi connectivity index (χ0n) is 20.7. The fourth-order valence-electron chi connectivity index (χ4n) is 4.22. The maximum atomic E-state index is 12.0. The summed E-state index contributed by atoms with van der Waals surface area (Å²) in [6.45, 7) is 4.30. The zero-order valence-corrected chi connectivity index (χ0v) is 20.7. The van der Waals surface area contributed by atoms with Crippen LogP contribution in [0.15, 0.2) is 30.3 Å². The number of hydrogen-bond donors (Lipinski definition) is 0. The first-order valence-electron chi connectivity index (χ1n) is 13.5. The minimum absolute atomic E-state index is 0.00811. The van der Waals surface area contributed by atoms with Gasteiger partial charge in [-0.3, -0.25) is 0 Å². The van der Waals surface area contributed by atoms with Gasteiger partial charge in [0.1, 0.15) is 0 Å². The molecule has 178 valence electrons. The van der Waals surface area contributed by atoms with Gasteiger partial charge in [0.2, 0.25) is 0 Å². The van der Waals surface area contributed by atoms with Gasteiger partial charge in [-0.1, -0.05) is 134 Å². The van der Waals surface area contributed by atoms with E-state index in [1.54, 1.807) is 0 Å². The molecule has 0 radical (unpaired) electrons. The number of unbranched alkanes of at least 4 members (excludes halogenated alkanes) is 17. The van der Waals surface area contributed by atoms with Crippen molar-refractivity contribution in [2.24, 2.45) is 0 Å². The minimum Gasteiger partial charge on any atom is -0.459 e. The van der Waals surface area contributed by atoms with E-state index in [0.29, 0.717) is 5.56 Å². The summed E-state index contributed by atoms with van der Waals surface area (Å²) in [6, 6.07) is 9.28. The minimum atomic E-state index is -0.199. The van der Waals surface area contributed by atoms with E-state index < -0.39 is 0 Å². The Labute approximate surface area is 193 Å². The topological polar surface area (TPSA) is 26.3 Å². The van der Waals surface area contributed by atoms with Crippen LogP contribution < -0.4 is 0 Å². The van der Waals surface area contributed by atoms with Gasteiger partial charge in [-0.15, -0.1) is 0 Å². The molecule has 1 unspecified atom stereocenters. The molecule has 1 aromatic carbocycles. The number of esters is 1. The largest absolute Gasteiger partial charge is 0.459 e. The molecule has 2 heteroatoms. The monoisotopic (exact) mass is 430 g/mol. The van der Waals surface area contributed by atoms with Crippen molar-refractivity contribution in [3.63, 3.8) is 0 Å². The number of carbonyl (C=O) groups excluding carboxylic acids is 1. The lowest BCUT2D eigenvalue weighted by molar-refractivity contribution is 0.0319. The lowest BCUT2D eigenvalue weighted by atomic mass is 10.0. The zero-order chi connectivity index (χ0) is 22.4. The number of carbonyl (C=O) groups is 1. The van der Waals surface area contributed by atoms with Crippen molar-refractivity contribution >= 4 is 5.97 Å². The molecule has 1 aromatic rings. The number of rotatable bonds is 21. The molecule has 0 spiro atoms. The summed E-state index contributed by atoms with van der Waals surface area (Å²) in [4.78, 5) is 12.0. The molecule has 2 nitrogen and oxygen atoms in total. The standard InChI is InChI=1S/C29H50O2/c1-3-4-5-6-7-8-9-10-11-12-13-14-15-16-17-18-19-21-24-27(2)31-29(30)28-25-22-20-23-26-28/h20,22-23,25-27H,3-19,21,24H2,1-2H3. The van der Waals surface area contributed by atoms with Gasteiger partial charge in [0.15, 0.2) is 0 Å². The lowest BCUT2D eigenvalue weighted by Gasteiger charge is -2.13. The normalized spacial score (nSPS) is 12.1. The van der Waals surface area contributed by atoms with Gasteiger partial charge >= 0.3 is 5.97 Å². The highest BCUT2D eigenvalue weighted by atomic mass is 16.5. The summed E-state index contributed by atoms with van der Waals surface area (Å²) >= 11 is 0. The third kappa shape index (κ3) is 17.0. The van der Waals surface area contributed by atoms with Crippen LogP contribution in [0.3, 0.4) is 0 Å². The summed E-state index contributed by atoms with van der Waals surface area (Å²) in [5.74, 6) is -0.199. The summed E-state index contributed by atoms with van der Waals surface area (Å²) in [6.07, 6.45) is 26.1. The van der Waals surface area contributed by atoms with E-state index in [0.717, 1.165) is 12.8 Å². The molecule has 0 heterocycles. The van der Waals surface area contributed by atoms with Crippen molar-refractivity contribution < 1.29 is 9.53 Å². The predicted molar refractivity (Wildman–Crippen MR) is 135 cm³/mol. The van der Waals surface area contributed by atoms with Crippen LogP contribution in [0.4, 0.5) is 0 Å². The van der Waals surface area contributed by atoms with Crippen molar-refractivity contribution in [3.8, 4) is 0 Å². The van der Waals surface area contributed by atoms with Crippen molar-refractivity contribution in [1.82, 2.24) is 0 Å². The fourth-order valence-corrected chi connectivity index (χ4v) is 4.22. The summed E-state index contributed by atoms with van der Waals surface area (Å²) in [5, 5.41) is 0. The van der Waals surface area contributed by atoms with Crippen LogP contribution in [-0.2, 0) is 4.74 Å². The molecule has 0 aliphatic rings. The van der Waals surface area contributed by atoms with E-state index in [4.69, 9.17) is 4.74 Å². The summed E-state index contributed by atoms with van der Waals surface area (Å²) in [5.41, 5.74) is 0.646. The molecule has 0 aromatic heterocycles. The second-order valence-electron chi connectivity index (χ2n) is 9.38. The smallest absolute Gasteiger partial charge is 0.338 e. The van der Waals surface area contributed by atoms with Gasteiger partial charge in [-0.2, -0.15) is 0 Å². The average molecular weight is 431 g/mol. The van der Waals surface area contributed by atoms with Crippen LogP contribution in [-0.4, -0.2) is 12.1 Å². The van der Waals surface area contributed by atoms with Crippen molar-refractivity contribution in [3.05, 3.63) is 35.9 Å². The molecule has 0 saturated heterocycles. The molecule has 0 aliphatic carbocycles. The molecule has 31 heavy (non-hydrogen) atoms. The highest BCUT2D eigenvalue weighted by Gasteiger charge is 2.11. The first-order chi connectivity index (χ1) is 15.2. The third-order valence-electron chi connectivity index (χ3n) is 6.28. The van der Waals surface area contributed by atoms with Gasteiger partial charge in [-0.05, 0) is 31.9 Å². The molecule has 0 saturated carbocycles. The molecule has 0 amide bonds. The Hall–Kier alpha value is -1.31. The molecule has 0 bridgehead atoms. The highest BCUT2D eigenvalue weighted by Crippen LogP contribution is 2.15. The summed E-state index contributed by atoms with van der Waals surface area (Å²) < 4.78 is 5.53. The number of hydrogen-bond acceptors (Lipinski definition) is 2. The lowest BCUT2D eigenvalue weighted by Crippen LogP contribution is -2.14. The van der Waals surface area contributed by atoms with E-state index >= 15 is 0 Å². The Morgan fingerprint density at radius 2 is 1.03 bits per heavy atom. The maximum absolute atomic E-state index is 12.0. The second kappa shape index (κ2) is 20.6. The molecular formula is C29H50O2. The quantitative estimate of drug-likeness (QED) is 0.143. The molecule has 0 N–H and O–H groups in total. The third-order valence-corrected chi connectivity index (χ3v) is 6.28. The molecular weight excluding hydrogens is 380 g/mol. The summed E-state index contributed by atoms with van der Waals surface area (Å²) in [7, 11) is 0. The van der Waals surface area contributed by atoms with Gasteiger partial charge in [-0.25, -0.2) is 4.79 Å². The van der Waals surface area contributed by atoms with E-state index in [-0.39, 0.29) is 12.1 Å². The first-order valence-corrected chi connectivity index (χ1v) is 13.5. The van der Waals surface area contributed by atoms with Gasteiger partial charge < -0.3 is 4.74 Å². The van der Waals surface area contributed by atoms with Crippen molar-refractivity contribution in [1.29, 1.82) is 0 Å². The van der Waals surface area contributed by atoms with Crippen LogP contribution in [0.2, 0.25) is 0 Å². The maximum Gasteiger partial charge on any atom is 0.338 e. The van der Waals surface area contributed by atoms with Crippen LogP contribution in [0.5, 0.6) is 0 Å². The Balaban J connectivity index is 1.78. The molecule has 0 aliphatic heterocycles. The Bertz CT molecular complexity index is 511. The Kier molecular flexibility index (Phi) is 18.4. The van der Waals surface area contributed by atoms with Crippen LogP contribution in [0.25, 0.3) is 0 Å². The Morgan fingerprint density at radius 1 is 0.645 bits per heavy atom. The van der Waals surface area contributed by atoms with Crippen LogP contribution in [0.1, 0.15) is 146 Å². The van der Waals surface area contributed by atoms with Gasteiger partial charge in [0.25, 0.3) is 0 Å². The SMILES string of the molecule is CCCCCCCCCCCCCCCCCCCCC(C)OC(=O)c1ccccc1. The fraction of sp³-hybridized carbons (Fsp3) is 0.759. The van der Waals surface area contributed by atoms with Crippen molar-refractivity contribution in [2.45, 2.75) is 142 Å². The first kappa shape index (κ1) is 27.7. The molecule has 1 rings (SSSR count). The van der Waals surface area contributed by atoms with Crippen molar-refractivity contribution in [2.75, 3.05) is 0 Å². The predicted octanol–water partition coefficient (Wildman–Crippen LogP) is 9.66. The van der Waals surface area contributed by atoms with Gasteiger partial charge in [0.05, 0.1) is 11.7 Å². The van der Waals surface area contributed by atoms with Crippen LogP contribution >= 0.6 is 0 Å².